The molecule has 6 nitrogen and oxygen atoms in total. The van der Waals surface area contributed by atoms with E-state index in [0.29, 0.717) is 23.8 Å². The number of hydrogen-bond acceptors (Lipinski definition) is 4. The molecule has 0 fully saturated rings. The van der Waals surface area contributed by atoms with Crippen LogP contribution in [-0.2, 0) is 15.4 Å². The monoisotopic (exact) mass is 417 g/mol. The molecule has 2 atom stereocenters. The SMILES string of the molecule is CCNC(=NCC(C)(O)c1ccccc1)NC(CC)CS(=O)(=O)c1ccccc1. The Kier molecular flexibility index (Phi) is 8.22. The first-order valence-electron chi connectivity index (χ1n) is 9.89. The quantitative estimate of drug-likeness (QED) is 0.431. The first-order chi connectivity index (χ1) is 13.8. The van der Waals surface area contributed by atoms with Crippen molar-refractivity contribution in [2.45, 2.75) is 43.7 Å². The first kappa shape index (κ1) is 22.9. The van der Waals surface area contributed by atoms with Crippen LogP contribution >= 0.6 is 0 Å². The van der Waals surface area contributed by atoms with Gasteiger partial charge in [0.2, 0.25) is 0 Å². The molecule has 0 saturated carbocycles. The molecule has 0 heterocycles. The Balaban J connectivity index is 2.12. The normalized spacial score (nSPS) is 15.4. The van der Waals surface area contributed by atoms with E-state index in [1.54, 1.807) is 37.3 Å². The van der Waals surface area contributed by atoms with Crippen LogP contribution in [0.5, 0.6) is 0 Å². The molecular weight excluding hydrogens is 386 g/mol. The van der Waals surface area contributed by atoms with Gasteiger partial charge >= 0.3 is 0 Å². The van der Waals surface area contributed by atoms with Crippen LogP contribution in [0.25, 0.3) is 0 Å². The minimum absolute atomic E-state index is 0.0347. The number of hydrogen-bond donors (Lipinski definition) is 3. The second-order valence-electron chi connectivity index (χ2n) is 7.18. The molecule has 0 aliphatic carbocycles. The molecule has 2 rings (SSSR count). The number of benzene rings is 2. The fourth-order valence-electron chi connectivity index (χ4n) is 2.89. The van der Waals surface area contributed by atoms with Crippen molar-refractivity contribution >= 4 is 15.8 Å². The second kappa shape index (κ2) is 10.4. The third kappa shape index (κ3) is 6.87. The van der Waals surface area contributed by atoms with Crippen LogP contribution in [0.1, 0.15) is 32.8 Å². The number of sulfone groups is 1. The Bertz CT molecular complexity index is 882. The van der Waals surface area contributed by atoms with E-state index in [9.17, 15) is 13.5 Å². The average molecular weight is 418 g/mol. The van der Waals surface area contributed by atoms with Crippen LogP contribution in [-0.4, -0.2) is 44.4 Å². The van der Waals surface area contributed by atoms with E-state index in [0.717, 1.165) is 5.56 Å². The van der Waals surface area contributed by atoms with E-state index in [-0.39, 0.29) is 18.3 Å². The lowest BCUT2D eigenvalue weighted by atomic mass is 9.96. The molecule has 2 aromatic rings. The van der Waals surface area contributed by atoms with Crippen LogP contribution in [0.2, 0.25) is 0 Å². The maximum atomic E-state index is 12.7. The van der Waals surface area contributed by atoms with Gasteiger partial charge < -0.3 is 15.7 Å². The number of nitrogens with zero attached hydrogens (tertiary/aromatic N) is 1. The van der Waals surface area contributed by atoms with Crippen molar-refractivity contribution in [1.29, 1.82) is 0 Å². The zero-order valence-electron chi connectivity index (χ0n) is 17.3. The van der Waals surface area contributed by atoms with Gasteiger partial charge in [0.15, 0.2) is 15.8 Å². The van der Waals surface area contributed by atoms with Gasteiger partial charge in [0, 0.05) is 12.6 Å². The summed E-state index contributed by atoms with van der Waals surface area (Å²) in [5.74, 6) is 0.450. The molecule has 0 aliphatic rings. The van der Waals surface area contributed by atoms with Gasteiger partial charge in [0.05, 0.1) is 17.2 Å². The lowest BCUT2D eigenvalue weighted by Gasteiger charge is -2.24. The lowest BCUT2D eigenvalue weighted by Crippen LogP contribution is -2.46. The van der Waals surface area contributed by atoms with Gasteiger partial charge in [-0.25, -0.2) is 13.4 Å². The number of nitrogens with one attached hydrogen (secondary N) is 2. The maximum Gasteiger partial charge on any atom is 0.191 e. The molecule has 3 N–H and O–H groups in total. The second-order valence-corrected chi connectivity index (χ2v) is 9.21. The van der Waals surface area contributed by atoms with Gasteiger partial charge in [-0.2, -0.15) is 0 Å². The van der Waals surface area contributed by atoms with E-state index in [1.165, 1.54) is 0 Å². The highest BCUT2D eigenvalue weighted by molar-refractivity contribution is 7.91. The summed E-state index contributed by atoms with van der Waals surface area (Å²) in [5, 5.41) is 17.1. The van der Waals surface area contributed by atoms with Crippen molar-refractivity contribution in [3.05, 3.63) is 66.2 Å². The summed E-state index contributed by atoms with van der Waals surface area (Å²) in [6.07, 6.45) is 0.617. The smallest absolute Gasteiger partial charge is 0.191 e. The highest BCUT2D eigenvalue weighted by atomic mass is 32.2. The lowest BCUT2D eigenvalue weighted by molar-refractivity contribution is 0.0672. The van der Waals surface area contributed by atoms with Crippen molar-refractivity contribution in [2.75, 3.05) is 18.8 Å². The summed E-state index contributed by atoms with van der Waals surface area (Å²) < 4.78 is 25.4. The fraction of sp³-hybridized carbons (Fsp3) is 0.409. The molecule has 0 amide bonds. The highest BCUT2D eigenvalue weighted by Gasteiger charge is 2.24. The molecule has 2 aromatic carbocycles. The summed E-state index contributed by atoms with van der Waals surface area (Å²) in [4.78, 5) is 4.82. The van der Waals surface area contributed by atoms with E-state index in [2.05, 4.69) is 15.6 Å². The predicted octanol–water partition coefficient (Wildman–Crippen LogP) is 2.70. The Morgan fingerprint density at radius 3 is 2.21 bits per heavy atom. The number of rotatable bonds is 9. The van der Waals surface area contributed by atoms with Crippen molar-refractivity contribution in [3.63, 3.8) is 0 Å². The third-order valence-electron chi connectivity index (χ3n) is 4.64. The van der Waals surface area contributed by atoms with Gasteiger partial charge in [0.25, 0.3) is 0 Å². The maximum absolute atomic E-state index is 12.7. The van der Waals surface area contributed by atoms with Crippen molar-refractivity contribution in [3.8, 4) is 0 Å². The molecule has 0 aromatic heterocycles. The van der Waals surface area contributed by atoms with Crippen LogP contribution in [0.15, 0.2) is 70.6 Å². The van der Waals surface area contributed by atoms with E-state index in [1.807, 2.05) is 44.2 Å². The minimum atomic E-state index is -3.41. The molecule has 29 heavy (non-hydrogen) atoms. The number of guanidine groups is 1. The minimum Gasteiger partial charge on any atom is -0.384 e. The Hall–Kier alpha value is -2.38. The highest BCUT2D eigenvalue weighted by Crippen LogP contribution is 2.20. The molecular formula is C22H31N3O3S. The molecule has 7 heteroatoms. The molecule has 158 valence electrons. The summed E-state index contributed by atoms with van der Waals surface area (Å²) in [6.45, 7) is 6.36. The first-order valence-corrected chi connectivity index (χ1v) is 11.5. The molecule has 0 spiro atoms. The summed E-state index contributed by atoms with van der Waals surface area (Å²) in [5.41, 5.74) is -0.347. The zero-order valence-corrected chi connectivity index (χ0v) is 18.1. The topological polar surface area (TPSA) is 90.8 Å². The standard InChI is InChI=1S/C22H31N3O3S/c1-4-19(16-29(27,28)20-14-10-7-11-15-20)25-21(23-5-2)24-17-22(3,26)18-12-8-6-9-13-18/h6-15,19,26H,4-5,16-17H2,1-3H3,(H2,23,24,25). The largest absolute Gasteiger partial charge is 0.384 e. The summed E-state index contributed by atoms with van der Waals surface area (Å²) in [7, 11) is -3.41. The van der Waals surface area contributed by atoms with Crippen LogP contribution in [0, 0.1) is 0 Å². The summed E-state index contributed by atoms with van der Waals surface area (Å²) in [6, 6.07) is 17.5. The van der Waals surface area contributed by atoms with Crippen molar-refractivity contribution in [1.82, 2.24) is 10.6 Å². The predicted molar refractivity (Wildman–Crippen MR) is 118 cm³/mol. The summed E-state index contributed by atoms with van der Waals surface area (Å²) >= 11 is 0. The van der Waals surface area contributed by atoms with Crippen molar-refractivity contribution in [2.24, 2.45) is 4.99 Å². The van der Waals surface area contributed by atoms with Crippen LogP contribution in [0.3, 0.4) is 0 Å². The molecule has 2 unspecified atom stereocenters. The molecule has 0 bridgehead atoms. The Labute approximate surface area is 174 Å². The number of aliphatic hydroxyl groups is 1. The Morgan fingerprint density at radius 2 is 1.66 bits per heavy atom. The average Bonchev–Trinajstić information content (AvgIpc) is 2.73. The van der Waals surface area contributed by atoms with E-state index >= 15 is 0 Å². The van der Waals surface area contributed by atoms with Gasteiger partial charge in [-0.3, -0.25) is 0 Å². The zero-order chi connectivity index (χ0) is 21.3. The van der Waals surface area contributed by atoms with Crippen LogP contribution in [0.4, 0.5) is 0 Å². The Morgan fingerprint density at radius 1 is 1.07 bits per heavy atom. The van der Waals surface area contributed by atoms with E-state index < -0.39 is 15.4 Å². The third-order valence-corrected chi connectivity index (χ3v) is 6.47. The number of aliphatic imine (C=N–C) groups is 1. The van der Waals surface area contributed by atoms with Gasteiger partial charge in [-0.05, 0) is 38.0 Å². The van der Waals surface area contributed by atoms with E-state index in [4.69, 9.17) is 0 Å². The van der Waals surface area contributed by atoms with Gasteiger partial charge in [-0.15, -0.1) is 0 Å². The van der Waals surface area contributed by atoms with Gasteiger partial charge in [-0.1, -0.05) is 55.5 Å². The van der Waals surface area contributed by atoms with Crippen molar-refractivity contribution < 1.29 is 13.5 Å². The van der Waals surface area contributed by atoms with Gasteiger partial charge in [0.1, 0.15) is 5.60 Å². The molecule has 0 aliphatic heterocycles. The van der Waals surface area contributed by atoms with Crippen LogP contribution < -0.4 is 10.6 Å². The fourth-order valence-corrected chi connectivity index (χ4v) is 4.50. The molecule has 0 saturated heterocycles. The molecule has 0 radical (unpaired) electrons.